The lowest BCUT2D eigenvalue weighted by molar-refractivity contribution is 0.0827. The van der Waals surface area contributed by atoms with Gasteiger partial charge in [-0.15, -0.1) is 0 Å². The monoisotopic (exact) mass is 364 g/mol. The number of fused-ring (bicyclic) bond motifs is 3. The van der Waals surface area contributed by atoms with E-state index < -0.39 is 10.0 Å². The van der Waals surface area contributed by atoms with Crippen LogP contribution < -0.4 is 9.46 Å². The van der Waals surface area contributed by atoms with Gasteiger partial charge in [0.05, 0.1) is 17.2 Å². The van der Waals surface area contributed by atoms with Crippen LogP contribution in [0.4, 0.5) is 0 Å². The van der Waals surface area contributed by atoms with E-state index in [0.717, 1.165) is 32.5 Å². The number of benzene rings is 1. The number of ether oxygens (including phenoxy) is 1. The quantitative estimate of drug-likeness (QED) is 0.890. The number of piperidine rings is 3. The van der Waals surface area contributed by atoms with Crippen LogP contribution in [-0.2, 0) is 10.0 Å². The van der Waals surface area contributed by atoms with E-state index in [0.29, 0.717) is 11.7 Å². The Morgan fingerprint density at radius 1 is 1.23 bits per heavy atom. The molecule has 4 rings (SSSR count). The third kappa shape index (κ3) is 3.08. The smallest absolute Gasteiger partial charge is 0.242 e. The van der Waals surface area contributed by atoms with E-state index >= 15 is 0 Å². The summed E-state index contributed by atoms with van der Waals surface area (Å²) in [4.78, 5) is 2.28. The van der Waals surface area contributed by atoms with Crippen molar-refractivity contribution in [3.05, 3.63) is 22.2 Å². The lowest BCUT2D eigenvalue weighted by atomic mass is 9.85. The second kappa shape index (κ2) is 6.17. The normalized spacial score (nSPS) is 27.9. The summed E-state index contributed by atoms with van der Waals surface area (Å²) in [6, 6.07) is 2.70. The number of methoxy groups -OCH3 is 1. The van der Waals surface area contributed by atoms with Gasteiger partial charge in [-0.3, -0.25) is 0 Å². The van der Waals surface area contributed by atoms with Gasteiger partial charge in [-0.25, -0.2) is 13.1 Å². The van der Waals surface area contributed by atoms with E-state index in [1.807, 2.05) is 0 Å². The van der Waals surface area contributed by atoms with E-state index in [1.54, 1.807) is 0 Å². The number of sulfonamides is 1. The molecule has 0 amide bonds. The Labute approximate surface area is 140 Å². The maximum atomic E-state index is 12.6. The van der Waals surface area contributed by atoms with Gasteiger partial charge in [0.2, 0.25) is 10.0 Å². The van der Waals surface area contributed by atoms with Crippen LogP contribution in [0.25, 0.3) is 0 Å². The lowest BCUT2D eigenvalue weighted by Gasteiger charge is -2.44. The molecule has 1 N–H and O–H groups in total. The van der Waals surface area contributed by atoms with Crippen LogP contribution >= 0.6 is 23.2 Å². The highest BCUT2D eigenvalue weighted by atomic mass is 35.5. The molecule has 0 aliphatic carbocycles. The topological polar surface area (TPSA) is 58.6 Å². The molecule has 0 aromatic heterocycles. The number of hydrogen-bond donors (Lipinski definition) is 1. The molecule has 3 aliphatic rings. The highest BCUT2D eigenvalue weighted by molar-refractivity contribution is 7.89. The fraction of sp³-hybridized carbons (Fsp3) is 0.571. The van der Waals surface area contributed by atoms with E-state index in [4.69, 9.17) is 27.9 Å². The van der Waals surface area contributed by atoms with Crippen LogP contribution in [0.2, 0.25) is 10.0 Å². The average molecular weight is 365 g/mol. The Hall–Kier alpha value is -0.530. The van der Waals surface area contributed by atoms with Crippen molar-refractivity contribution < 1.29 is 13.2 Å². The van der Waals surface area contributed by atoms with Crippen molar-refractivity contribution >= 4 is 33.2 Å². The van der Waals surface area contributed by atoms with Crippen molar-refractivity contribution in [1.29, 1.82) is 0 Å². The summed E-state index contributed by atoms with van der Waals surface area (Å²) in [6.07, 6.45) is 2.06. The van der Waals surface area contributed by atoms with E-state index in [1.165, 1.54) is 19.2 Å². The van der Waals surface area contributed by atoms with Crippen LogP contribution in [0.1, 0.15) is 12.8 Å². The zero-order chi connectivity index (χ0) is 15.9. The molecule has 22 heavy (non-hydrogen) atoms. The van der Waals surface area contributed by atoms with Crippen LogP contribution in [-0.4, -0.2) is 46.1 Å². The molecule has 122 valence electrons. The molecule has 0 saturated carbocycles. The first-order valence-electron chi connectivity index (χ1n) is 7.18. The molecule has 5 nitrogen and oxygen atoms in total. The second-order valence-electron chi connectivity index (χ2n) is 5.78. The van der Waals surface area contributed by atoms with Gasteiger partial charge >= 0.3 is 0 Å². The van der Waals surface area contributed by atoms with Crippen molar-refractivity contribution in [1.82, 2.24) is 9.62 Å². The fourth-order valence-electron chi connectivity index (χ4n) is 3.23. The van der Waals surface area contributed by atoms with Crippen LogP contribution in [0.5, 0.6) is 5.75 Å². The molecular weight excluding hydrogens is 347 g/mol. The standard InChI is InChI=1S/C14H18Cl2N2O3S/c1-21-13-6-11(16)14(7-10(13)15)22(19,20)17-12-8-18-4-2-9(12)3-5-18/h6-7,9,12,17H,2-5,8H2,1H3. The van der Waals surface area contributed by atoms with Gasteiger partial charge in [0.15, 0.2) is 0 Å². The predicted molar refractivity (Wildman–Crippen MR) is 86.3 cm³/mol. The molecule has 3 fully saturated rings. The summed E-state index contributed by atoms with van der Waals surface area (Å²) < 4.78 is 33.1. The van der Waals surface area contributed by atoms with Gasteiger partial charge in [-0.05, 0) is 37.9 Å². The largest absolute Gasteiger partial charge is 0.495 e. The molecule has 0 spiro atoms. The van der Waals surface area contributed by atoms with Gasteiger partial charge in [0.1, 0.15) is 10.6 Å². The van der Waals surface area contributed by atoms with E-state index in [9.17, 15) is 8.42 Å². The minimum absolute atomic E-state index is 0.00332. The van der Waals surface area contributed by atoms with Crippen LogP contribution in [0.3, 0.4) is 0 Å². The molecule has 1 aromatic rings. The third-order valence-corrected chi connectivity index (χ3v) is 6.71. The van der Waals surface area contributed by atoms with E-state index in [2.05, 4.69) is 9.62 Å². The van der Waals surface area contributed by atoms with Gasteiger partial charge in [0.25, 0.3) is 0 Å². The number of halogens is 2. The Morgan fingerprint density at radius 3 is 2.45 bits per heavy atom. The minimum atomic E-state index is -3.71. The van der Waals surface area contributed by atoms with Crippen molar-refractivity contribution in [3.63, 3.8) is 0 Å². The number of nitrogens with zero attached hydrogens (tertiary/aromatic N) is 1. The van der Waals surface area contributed by atoms with Gasteiger partial charge < -0.3 is 9.64 Å². The summed E-state index contributed by atoms with van der Waals surface area (Å²) >= 11 is 12.1. The van der Waals surface area contributed by atoms with Gasteiger partial charge in [0, 0.05) is 18.7 Å². The zero-order valence-corrected chi connectivity index (χ0v) is 14.5. The molecule has 2 bridgehead atoms. The first kappa shape index (κ1) is 16.3. The summed E-state index contributed by atoms with van der Waals surface area (Å²) in [5, 5.41) is 0.330. The van der Waals surface area contributed by atoms with Crippen molar-refractivity contribution in [2.24, 2.45) is 5.92 Å². The molecule has 3 saturated heterocycles. The summed E-state index contributed by atoms with van der Waals surface area (Å²) in [6.45, 7) is 2.86. The van der Waals surface area contributed by atoms with Gasteiger partial charge in [-0.2, -0.15) is 0 Å². The molecule has 3 heterocycles. The minimum Gasteiger partial charge on any atom is -0.495 e. The first-order valence-corrected chi connectivity index (χ1v) is 9.42. The summed E-state index contributed by atoms with van der Waals surface area (Å²) in [5.41, 5.74) is 0. The number of rotatable bonds is 4. The zero-order valence-electron chi connectivity index (χ0n) is 12.2. The second-order valence-corrected chi connectivity index (χ2v) is 8.28. The molecule has 1 unspecified atom stereocenters. The van der Waals surface area contributed by atoms with Crippen LogP contribution in [0.15, 0.2) is 17.0 Å². The molecule has 8 heteroatoms. The SMILES string of the molecule is COc1cc(Cl)c(S(=O)(=O)NC2CN3CCC2CC3)cc1Cl. The maximum absolute atomic E-state index is 12.6. The van der Waals surface area contributed by atoms with Crippen molar-refractivity contribution in [2.45, 2.75) is 23.8 Å². The fourth-order valence-corrected chi connectivity index (χ4v) is 5.38. The Morgan fingerprint density at radius 2 is 1.91 bits per heavy atom. The summed E-state index contributed by atoms with van der Waals surface area (Å²) in [5.74, 6) is 0.751. The average Bonchev–Trinajstić information content (AvgIpc) is 2.49. The van der Waals surface area contributed by atoms with Crippen molar-refractivity contribution in [2.75, 3.05) is 26.7 Å². The molecule has 1 atom stereocenters. The first-order chi connectivity index (χ1) is 10.4. The Balaban J connectivity index is 1.85. The Kier molecular flexibility index (Phi) is 4.58. The number of nitrogens with one attached hydrogen (secondary N) is 1. The maximum Gasteiger partial charge on any atom is 0.242 e. The highest BCUT2D eigenvalue weighted by Crippen LogP contribution is 2.34. The Bertz CT molecular complexity index is 673. The predicted octanol–water partition coefficient (Wildman–Crippen LogP) is 2.37. The molecule has 1 aromatic carbocycles. The molecule has 3 aliphatic heterocycles. The highest BCUT2D eigenvalue weighted by Gasteiger charge is 2.37. The third-order valence-electron chi connectivity index (χ3n) is 4.46. The molecule has 0 radical (unpaired) electrons. The van der Waals surface area contributed by atoms with Gasteiger partial charge in [-0.1, -0.05) is 23.2 Å². The summed E-state index contributed by atoms with van der Waals surface area (Å²) in [7, 11) is -2.25. The number of hydrogen-bond acceptors (Lipinski definition) is 4. The molecular formula is C14H18Cl2N2O3S. The lowest BCUT2D eigenvalue weighted by Crippen LogP contribution is -2.57. The van der Waals surface area contributed by atoms with Crippen LogP contribution in [0, 0.1) is 5.92 Å². The van der Waals surface area contributed by atoms with Crippen molar-refractivity contribution in [3.8, 4) is 5.75 Å². The van der Waals surface area contributed by atoms with E-state index in [-0.39, 0.29) is 21.0 Å².